The van der Waals surface area contributed by atoms with E-state index >= 15 is 0 Å². The summed E-state index contributed by atoms with van der Waals surface area (Å²) in [5.74, 6) is 0.871. The number of hydrogen-bond acceptors (Lipinski definition) is 8. The Bertz CT molecular complexity index is 2610. The number of nitrogens with zero attached hydrogens (tertiary/aromatic N) is 4. The highest BCUT2D eigenvalue weighted by molar-refractivity contribution is 9.11. The van der Waals surface area contributed by atoms with Gasteiger partial charge in [0.25, 0.3) is 0 Å². The Balaban J connectivity index is 1.31. The summed E-state index contributed by atoms with van der Waals surface area (Å²) in [6.07, 6.45) is 35.3. The molecule has 0 spiro atoms. The van der Waals surface area contributed by atoms with Crippen molar-refractivity contribution in [1.82, 2.24) is 0 Å². The quantitative estimate of drug-likeness (QED) is 0.0331. The first-order chi connectivity index (χ1) is 34.3. The Hall–Kier alpha value is -3.06. The molecule has 4 heterocycles. The topological polar surface area (TPSA) is 95.2 Å². The smallest absolute Gasteiger partial charge is 0.138 e. The minimum Gasteiger partial charge on any atom is -0.192 e. The molecule has 4 aromatic heterocycles. The summed E-state index contributed by atoms with van der Waals surface area (Å²) in [7, 11) is 0. The van der Waals surface area contributed by atoms with Crippen LogP contribution in [0, 0.1) is 45.3 Å². The van der Waals surface area contributed by atoms with E-state index in [1.54, 1.807) is 22.7 Å². The second kappa shape index (κ2) is 27.3. The molecule has 0 bridgehead atoms. The van der Waals surface area contributed by atoms with Crippen molar-refractivity contribution in [2.24, 2.45) is 0 Å². The van der Waals surface area contributed by atoms with Gasteiger partial charge in [-0.15, -0.1) is 45.3 Å². The molecule has 370 valence electrons. The molecule has 0 amide bonds. The molecular weight excluding hydrogens is 1060 g/mol. The van der Waals surface area contributed by atoms with Crippen LogP contribution in [0.15, 0.2) is 30.9 Å². The number of benzene rings is 1. The van der Waals surface area contributed by atoms with E-state index in [2.05, 4.69) is 96.0 Å². The number of nitriles is 4. The van der Waals surface area contributed by atoms with Gasteiger partial charge in [0.1, 0.15) is 35.4 Å². The molecule has 0 saturated heterocycles. The van der Waals surface area contributed by atoms with Crippen molar-refractivity contribution >= 4 is 107 Å². The highest BCUT2D eigenvalue weighted by Crippen LogP contribution is 2.63. The number of hydrogen-bond donors (Lipinski definition) is 0. The zero-order chi connectivity index (χ0) is 49.6. The lowest BCUT2D eigenvalue weighted by atomic mass is 9.89. The number of rotatable bonds is 30. The van der Waals surface area contributed by atoms with Crippen LogP contribution >= 0.6 is 77.2 Å². The van der Waals surface area contributed by atoms with Crippen molar-refractivity contribution in [2.75, 3.05) is 0 Å². The van der Waals surface area contributed by atoms with Crippen LogP contribution in [-0.4, -0.2) is 0 Å². The third kappa shape index (κ3) is 12.0. The maximum atomic E-state index is 10.7. The van der Waals surface area contributed by atoms with Gasteiger partial charge in [-0.1, -0.05) is 182 Å². The van der Waals surface area contributed by atoms with Gasteiger partial charge in [0, 0.05) is 43.2 Å². The molecule has 0 fully saturated rings. The molecule has 2 atom stereocenters. The average molecular weight is 1140 g/mol. The van der Waals surface area contributed by atoms with Crippen molar-refractivity contribution in [3.05, 3.63) is 64.2 Å². The van der Waals surface area contributed by atoms with Crippen molar-refractivity contribution < 1.29 is 0 Å². The van der Waals surface area contributed by atoms with Crippen molar-refractivity contribution in [3.63, 3.8) is 0 Å². The minimum absolute atomic E-state index is 0.135. The Morgan fingerprint density at radius 3 is 0.971 bits per heavy atom. The van der Waals surface area contributed by atoms with Crippen LogP contribution in [0.25, 0.3) is 50.8 Å². The highest BCUT2D eigenvalue weighted by atomic mass is 79.9. The third-order valence-electron chi connectivity index (χ3n) is 15.1. The van der Waals surface area contributed by atoms with Gasteiger partial charge in [-0.3, -0.25) is 0 Å². The Morgan fingerprint density at radius 1 is 0.400 bits per heavy atom. The summed E-state index contributed by atoms with van der Waals surface area (Å²) in [5, 5.41) is 42.7. The Morgan fingerprint density at radius 2 is 0.686 bits per heavy atom. The van der Waals surface area contributed by atoms with Crippen LogP contribution in [0.5, 0.6) is 0 Å². The maximum Gasteiger partial charge on any atom is 0.138 e. The zero-order valence-electron chi connectivity index (χ0n) is 42.3. The molecule has 0 saturated carbocycles. The number of fused-ring (bicyclic) bond motifs is 10. The fraction of sp³-hybridized carbons (Fsp3) is 0.567. The average Bonchev–Trinajstić information content (AvgIpc) is 4.19. The summed E-state index contributed by atoms with van der Waals surface area (Å²) in [5.41, 5.74) is 10.4. The van der Waals surface area contributed by atoms with Gasteiger partial charge in [-0.2, -0.15) is 21.0 Å². The van der Waals surface area contributed by atoms with Gasteiger partial charge in [0.05, 0.1) is 26.4 Å². The molecule has 2 aliphatic carbocycles. The van der Waals surface area contributed by atoms with Crippen LogP contribution in [0.2, 0.25) is 0 Å². The first kappa shape index (κ1) is 54.7. The second-order valence-electron chi connectivity index (χ2n) is 20.0. The van der Waals surface area contributed by atoms with Crippen LogP contribution < -0.4 is 0 Å². The van der Waals surface area contributed by atoms with Crippen LogP contribution in [0.4, 0.5) is 0 Å². The molecular formula is C60H72Br2N4S4. The number of halogens is 2. The van der Waals surface area contributed by atoms with E-state index in [4.69, 9.17) is 0 Å². The lowest BCUT2D eigenvalue weighted by molar-refractivity contribution is 0.489. The molecule has 70 heavy (non-hydrogen) atoms. The van der Waals surface area contributed by atoms with E-state index in [0.717, 1.165) is 76.5 Å². The van der Waals surface area contributed by atoms with Gasteiger partial charge in [0.2, 0.25) is 0 Å². The summed E-state index contributed by atoms with van der Waals surface area (Å²) in [6, 6.07) is 13.7. The van der Waals surface area contributed by atoms with E-state index < -0.39 is 0 Å². The summed E-state index contributed by atoms with van der Waals surface area (Å²) < 4.78 is 7.24. The fourth-order valence-electron chi connectivity index (χ4n) is 11.4. The summed E-state index contributed by atoms with van der Waals surface area (Å²) >= 11 is 15.4. The van der Waals surface area contributed by atoms with Crippen LogP contribution in [-0.2, 0) is 0 Å². The predicted octanol–water partition coefficient (Wildman–Crippen LogP) is 22.6. The number of unbranched alkanes of at least 4 members (excludes halogenated alkanes) is 20. The normalized spacial score (nSPS) is 13.2. The van der Waals surface area contributed by atoms with Gasteiger partial charge in [0.15, 0.2) is 0 Å². The lowest BCUT2D eigenvalue weighted by Gasteiger charge is -2.18. The van der Waals surface area contributed by atoms with Gasteiger partial charge >= 0.3 is 0 Å². The first-order valence-electron chi connectivity index (χ1n) is 27.1. The standard InChI is InChI=1S/C60H72Br2N4S4/c1-5-9-13-17-19-23-27-31-39(29-25-21-15-11-7-3)49-55-57(69-59(49)61)51-47(41(35-63)36-64)43-34-46-44(33-45(43)53(51)67-55)48(42(37-65)38-66)52-54(46)68-56-50(60(62)70-58(52)56)40(30-26-22-16-12-8-4)32-28-24-20-18-14-10-6-2/h33-34,39-40H,5-32H2,1-4H3. The Labute approximate surface area is 453 Å². The van der Waals surface area contributed by atoms with Crippen molar-refractivity contribution in [1.29, 1.82) is 21.0 Å². The highest BCUT2D eigenvalue weighted by Gasteiger charge is 2.40. The van der Waals surface area contributed by atoms with Crippen molar-refractivity contribution in [2.45, 2.75) is 219 Å². The second-order valence-corrected chi connectivity index (χ2v) is 26.7. The van der Waals surface area contributed by atoms with Crippen LogP contribution in [0.3, 0.4) is 0 Å². The molecule has 5 aromatic rings. The maximum absolute atomic E-state index is 10.7. The molecule has 4 nitrogen and oxygen atoms in total. The van der Waals surface area contributed by atoms with E-state index in [0.29, 0.717) is 11.8 Å². The molecule has 1 aromatic carbocycles. The monoisotopic (exact) mass is 1130 g/mol. The van der Waals surface area contributed by atoms with Gasteiger partial charge in [-0.25, -0.2) is 0 Å². The van der Waals surface area contributed by atoms with E-state index in [1.807, 2.05) is 22.7 Å². The number of allylic oxidation sites excluding steroid dienone is 2. The number of thiophene rings is 4. The predicted molar refractivity (Wildman–Crippen MR) is 311 cm³/mol. The molecule has 2 unspecified atom stereocenters. The fourth-order valence-corrected chi connectivity index (χ4v) is 19.3. The molecule has 0 aliphatic heterocycles. The van der Waals surface area contributed by atoms with E-state index in [1.165, 1.54) is 195 Å². The molecule has 7 rings (SSSR count). The van der Waals surface area contributed by atoms with Gasteiger partial charge < -0.3 is 0 Å². The largest absolute Gasteiger partial charge is 0.192 e. The van der Waals surface area contributed by atoms with Crippen molar-refractivity contribution in [3.8, 4) is 45.2 Å². The zero-order valence-corrected chi connectivity index (χ0v) is 48.7. The van der Waals surface area contributed by atoms with Crippen LogP contribution in [0.1, 0.15) is 253 Å². The van der Waals surface area contributed by atoms with E-state index in [9.17, 15) is 21.0 Å². The molecule has 0 N–H and O–H groups in total. The molecule has 0 radical (unpaired) electrons. The first-order valence-corrected chi connectivity index (χ1v) is 32.0. The molecule has 10 heteroatoms. The minimum atomic E-state index is 0.135. The summed E-state index contributed by atoms with van der Waals surface area (Å²) in [6.45, 7) is 9.12. The summed E-state index contributed by atoms with van der Waals surface area (Å²) in [4.78, 5) is 2.18. The molecule has 2 aliphatic rings. The van der Waals surface area contributed by atoms with Gasteiger partial charge in [-0.05, 0) is 104 Å². The van der Waals surface area contributed by atoms with E-state index in [-0.39, 0.29) is 11.1 Å². The lowest BCUT2D eigenvalue weighted by Crippen LogP contribution is -2.00. The SMILES string of the molecule is CCCCCCCCCC(CCCCCCC)c1c(Br)sc2c3c(sc12)-c1cc2c(cc1C3=C(C#N)C#N)-c1sc3c(C(CCCCCCC)CCCCCCCCC)c(Br)sc3c1C2=C(C#N)C#N. The Kier molecular flexibility index (Phi) is 21.3. The third-order valence-corrected chi connectivity index (χ3v) is 21.7.